The van der Waals surface area contributed by atoms with E-state index >= 15 is 0 Å². The quantitative estimate of drug-likeness (QED) is 0.206. The maximum atomic E-state index is 12.7. The molecule has 7 N–H and O–H groups in total. The van der Waals surface area contributed by atoms with Crippen molar-refractivity contribution in [1.82, 2.24) is 19.7 Å². The first kappa shape index (κ1) is 22.1. The number of nitrogens with one attached hydrogen (secondary N) is 2. The number of carboxylic acid groups (broad SMARTS) is 1. The van der Waals surface area contributed by atoms with Crippen LogP contribution in [0.2, 0.25) is 0 Å². The standard InChI is InChI=1S/C21H17N7O6/c22-13-14(17(30)16(13)29)24-6-9-2-1-3-10(4-9)7-25-20(32)11-5-12(21(33)34)28-8-26-15(18(23)31)19(28)27-11/h1-5,8,24H,6-7,22H2,(H2,23,31)(H,25,32)(H,33,34). The Morgan fingerprint density at radius 2 is 1.76 bits per heavy atom. The Bertz CT molecular complexity index is 1550. The molecule has 0 bridgehead atoms. The highest BCUT2D eigenvalue weighted by atomic mass is 16.4. The number of carboxylic acids is 1. The summed E-state index contributed by atoms with van der Waals surface area (Å²) in [5.74, 6) is -2.95. The third-order valence-electron chi connectivity index (χ3n) is 5.05. The second-order valence-electron chi connectivity index (χ2n) is 7.29. The molecule has 34 heavy (non-hydrogen) atoms. The predicted molar refractivity (Wildman–Crippen MR) is 119 cm³/mol. The molecule has 0 radical (unpaired) electrons. The summed E-state index contributed by atoms with van der Waals surface area (Å²) >= 11 is 0. The minimum atomic E-state index is -1.35. The van der Waals surface area contributed by atoms with Gasteiger partial charge in [-0.2, -0.15) is 0 Å². The van der Waals surface area contributed by atoms with Gasteiger partial charge in [-0.05, 0) is 11.1 Å². The summed E-state index contributed by atoms with van der Waals surface area (Å²) in [6.07, 6.45) is 1.09. The van der Waals surface area contributed by atoms with Crippen molar-refractivity contribution in [2.24, 2.45) is 5.73 Å². The number of hydrogen-bond donors (Lipinski definition) is 5. The van der Waals surface area contributed by atoms with Crippen LogP contribution in [0.25, 0.3) is 5.65 Å². The van der Waals surface area contributed by atoms with E-state index in [1.54, 1.807) is 24.3 Å². The first-order valence-corrected chi connectivity index (χ1v) is 9.77. The van der Waals surface area contributed by atoms with Crippen molar-refractivity contribution in [3.63, 3.8) is 0 Å². The highest BCUT2D eigenvalue weighted by molar-refractivity contribution is 6.00. The molecule has 13 nitrogen and oxygen atoms in total. The molecule has 4 rings (SSSR count). The number of aromatic nitrogens is 3. The molecule has 0 aliphatic carbocycles. The molecule has 2 aromatic heterocycles. The minimum absolute atomic E-state index is 0.0755. The van der Waals surface area contributed by atoms with Gasteiger partial charge in [0.2, 0.25) is 0 Å². The number of primary amides is 1. The van der Waals surface area contributed by atoms with Crippen LogP contribution < -0.4 is 33.0 Å². The third kappa shape index (κ3) is 3.92. The topological polar surface area (TPSA) is 212 Å². The van der Waals surface area contributed by atoms with Gasteiger partial charge < -0.3 is 27.2 Å². The Morgan fingerprint density at radius 3 is 2.41 bits per heavy atom. The minimum Gasteiger partial charge on any atom is -0.477 e. The van der Waals surface area contributed by atoms with Crippen molar-refractivity contribution in [3.05, 3.63) is 85.3 Å². The molecular formula is C21H17N7O6. The van der Waals surface area contributed by atoms with E-state index in [1.807, 2.05) is 0 Å². The van der Waals surface area contributed by atoms with Crippen molar-refractivity contribution in [2.45, 2.75) is 13.1 Å². The van der Waals surface area contributed by atoms with E-state index in [2.05, 4.69) is 20.6 Å². The van der Waals surface area contributed by atoms with Crippen molar-refractivity contribution >= 4 is 34.8 Å². The summed E-state index contributed by atoms with van der Waals surface area (Å²) in [7, 11) is 0. The molecule has 13 heteroatoms. The molecule has 0 saturated carbocycles. The normalized spacial score (nSPS) is 10.9. The lowest BCUT2D eigenvalue weighted by Crippen LogP contribution is -2.36. The van der Waals surface area contributed by atoms with Crippen LogP contribution in [0.5, 0.6) is 0 Å². The van der Waals surface area contributed by atoms with E-state index in [1.165, 1.54) is 0 Å². The van der Waals surface area contributed by atoms with E-state index in [-0.39, 0.29) is 47.2 Å². The molecular weight excluding hydrogens is 446 g/mol. The third-order valence-corrected chi connectivity index (χ3v) is 5.05. The van der Waals surface area contributed by atoms with Crippen LogP contribution in [-0.2, 0) is 13.1 Å². The number of anilines is 2. The second kappa shape index (κ2) is 8.46. The van der Waals surface area contributed by atoms with Gasteiger partial charge in [-0.25, -0.2) is 14.8 Å². The van der Waals surface area contributed by atoms with Crippen molar-refractivity contribution < 1.29 is 19.5 Å². The molecule has 0 aliphatic heterocycles. The summed E-state index contributed by atoms with van der Waals surface area (Å²) in [6, 6.07) is 8.09. The fraction of sp³-hybridized carbons (Fsp3) is 0.0952. The van der Waals surface area contributed by atoms with Crippen LogP contribution in [0.4, 0.5) is 11.4 Å². The summed E-state index contributed by atoms with van der Waals surface area (Å²) in [4.78, 5) is 66.3. The smallest absolute Gasteiger partial charge is 0.353 e. The number of benzene rings is 1. The molecule has 0 saturated heterocycles. The van der Waals surface area contributed by atoms with Gasteiger partial charge in [-0.1, -0.05) is 24.3 Å². The molecule has 172 valence electrons. The molecule has 0 aliphatic rings. The number of nitrogen functional groups attached to an aromatic ring is 1. The average molecular weight is 463 g/mol. The average Bonchev–Trinajstić information content (AvgIpc) is 3.26. The number of nitrogens with two attached hydrogens (primary N) is 2. The van der Waals surface area contributed by atoms with E-state index in [0.29, 0.717) is 5.56 Å². The van der Waals surface area contributed by atoms with Crippen LogP contribution in [0.3, 0.4) is 0 Å². The van der Waals surface area contributed by atoms with Gasteiger partial charge >= 0.3 is 5.97 Å². The molecule has 2 aromatic carbocycles. The fourth-order valence-corrected chi connectivity index (χ4v) is 3.32. The molecule has 0 fully saturated rings. The Morgan fingerprint density at radius 1 is 1.06 bits per heavy atom. The van der Waals surface area contributed by atoms with Gasteiger partial charge in [0.05, 0.1) is 0 Å². The zero-order chi connectivity index (χ0) is 24.6. The SMILES string of the molecule is NC(=O)c1ncn2c(C(=O)O)cc(C(=O)NCc3cccc(CNc4c(N)c(=O)c4=O)c3)nc12. The number of carbonyl (C=O) groups excluding carboxylic acids is 2. The lowest BCUT2D eigenvalue weighted by molar-refractivity contribution is 0.0688. The number of amides is 2. The van der Waals surface area contributed by atoms with Gasteiger partial charge in [-0.3, -0.25) is 23.6 Å². The van der Waals surface area contributed by atoms with E-state index < -0.39 is 28.6 Å². The number of nitrogens with zero attached hydrogens (tertiary/aromatic N) is 3. The van der Waals surface area contributed by atoms with Crippen LogP contribution in [-0.4, -0.2) is 37.3 Å². The van der Waals surface area contributed by atoms with Crippen molar-refractivity contribution in [3.8, 4) is 0 Å². The number of carbonyl (C=O) groups is 3. The fourth-order valence-electron chi connectivity index (χ4n) is 3.32. The summed E-state index contributed by atoms with van der Waals surface area (Å²) in [6.45, 7) is 0.306. The number of fused-ring (bicyclic) bond motifs is 1. The highest BCUT2D eigenvalue weighted by Gasteiger charge is 2.21. The largest absolute Gasteiger partial charge is 0.477 e. The first-order chi connectivity index (χ1) is 16.2. The van der Waals surface area contributed by atoms with Crippen LogP contribution in [0, 0.1) is 0 Å². The van der Waals surface area contributed by atoms with Gasteiger partial charge in [0, 0.05) is 19.2 Å². The molecule has 4 aromatic rings. The van der Waals surface area contributed by atoms with Gasteiger partial charge in [0.1, 0.15) is 29.1 Å². The Labute approximate surface area is 189 Å². The van der Waals surface area contributed by atoms with Crippen LogP contribution >= 0.6 is 0 Å². The first-order valence-electron chi connectivity index (χ1n) is 9.77. The van der Waals surface area contributed by atoms with E-state index in [9.17, 15) is 29.1 Å². The van der Waals surface area contributed by atoms with Gasteiger partial charge in [0.15, 0.2) is 11.3 Å². The summed E-state index contributed by atoms with van der Waals surface area (Å²) < 4.78 is 1.05. The lowest BCUT2D eigenvalue weighted by atomic mass is 10.1. The predicted octanol–water partition coefficient (Wildman–Crippen LogP) is -0.753. The molecule has 0 unspecified atom stereocenters. The monoisotopic (exact) mass is 463 g/mol. The molecule has 0 spiro atoms. The maximum absolute atomic E-state index is 12.7. The zero-order valence-electron chi connectivity index (χ0n) is 17.4. The van der Waals surface area contributed by atoms with Crippen molar-refractivity contribution in [2.75, 3.05) is 11.1 Å². The zero-order valence-corrected chi connectivity index (χ0v) is 17.4. The Kier molecular flexibility index (Phi) is 5.51. The summed E-state index contributed by atoms with van der Waals surface area (Å²) in [5, 5.41) is 14.9. The van der Waals surface area contributed by atoms with Crippen molar-refractivity contribution in [1.29, 1.82) is 0 Å². The second-order valence-corrected chi connectivity index (χ2v) is 7.29. The van der Waals surface area contributed by atoms with E-state index in [4.69, 9.17) is 11.5 Å². The molecule has 0 atom stereocenters. The van der Waals surface area contributed by atoms with E-state index in [0.717, 1.165) is 22.4 Å². The Hall–Kier alpha value is -5.07. The van der Waals surface area contributed by atoms with Crippen LogP contribution in [0.1, 0.15) is 42.6 Å². The number of imidazole rings is 1. The van der Waals surface area contributed by atoms with Gasteiger partial charge in [-0.15, -0.1) is 0 Å². The lowest BCUT2D eigenvalue weighted by Gasteiger charge is -2.11. The van der Waals surface area contributed by atoms with Gasteiger partial charge in [0.25, 0.3) is 22.7 Å². The summed E-state index contributed by atoms with van der Waals surface area (Å²) in [5.41, 5.74) is 9.84. The Balaban J connectivity index is 1.49. The highest BCUT2D eigenvalue weighted by Crippen LogP contribution is 2.14. The van der Waals surface area contributed by atoms with Crippen LogP contribution in [0.15, 0.2) is 46.2 Å². The molecule has 2 amide bonds. The number of aromatic carboxylic acids is 1. The number of hydrogen-bond acceptors (Lipinski definition) is 9. The molecule has 2 heterocycles. The number of rotatable bonds is 8. The maximum Gasteiger partial charge on any atom is 0.353 e.